The summed E-state index contributed by atoms with van der Waals surface area (Å²) < 4.78 is 1.98. The molecule has 104 valence electrons. The Bertz CT molecular complexity index is 799. The Morgan fingerprint density at radius 3 is 2.76 bits per heavy atom. The number of fused-ring (bicyclic) bond motifs is 1. The first-order chi connectivity index (χ1) is 10.3. The number of hydrogen-bond donors (Lipinski definition) is 1. The van der Waals surface area contributed by atoms with Gasteiger partial charge in [0.25, 0.3) is 0 Å². The van der Waals surface area contributed by atoms with Gasteiger partial charge >= 0.3 is 0 Å². The van der Waals surface area contributed by atoms with Gasteiger partial charge in [-0.3, -0.25) is 0 Å². The molecule has 3 aromatic rings. The van der Waals surface area contributed by atoms with Crippen molar-refractivity contribution in [1.29, 1.82) is 5.26 Å². The van der Waals surface area contributed by atoms with Crippen LogP contribution in [0.15, 0.2) is 42.9 Å². The van der Waals surface area contributed by atoms with Crippen molar-refractivity contribution in [2.24, 2.45) is 0 Å². The summed E-state index contributed by atoms with van der Waals surface area (Å²) >= 11 is 0. The summed E-state index contributed by atoms with van der Waals surface area (Å²) in [7, 11) is 0. The lowest BCUT2D eigenvalue weighted by molar-refractivity contribution is 0.657. The van der Waals surface area contributed by atoms with E-state index in [9.17, 15) is 5.26 Å². The van der Waals surface area contributed by atoms with Gasteiger partial charge in [0.1, 0.15) is 23.9 Å². The van der Waals surface area contributed by atoms with Crippen LogP contribution in [0, 0.1) is 11.3 Å². The number of nitrogens with two attached hydrogens (primary N) is 1. The number of benzene rings is 1. The van der Waals surface area contributed by atoms with Crippen molar-refractivity contribution in [3.63, 3.8) is 0 Å². The molecule has 0 atom stereocenters. The Kier molecular flexibility index (Phi) is 3.52. The molecular formula is C16H15N5. The Morgan fingerprint density at radius 2 is 2.00 bits per heavy atom. The number of rotatable bonds is 4. The fraction of sp³-hybridized carbons (Fsp3) is 0.188. The number of nitrogen functional groups attached to an aromatic ring is 1. The van der Waals surface area contributed by atoms with E-state index < -0.39 is 0 Å². The van der Waals surface area contributed by atoms with Crippen LogP contribution in [0.5, 0.6) is 0 Å². The molecule has 0 amide bonds. The quantitative estimate of drug-likeness (QED) is 0.794. The predicted molar refractivity (Wildman–Crippen MR) is 81.4 cm³/mol. The van der Waals surface area contributed by atoms with Crippen LogP contribution in [-0.4, -0.2) is 14.5 Å². The molecule has 0 spiro atoms. The molecule has 5 heteroatoms. The molecule has 1 aromatic carbocycles. The van der Waals surface area contributed by atoms with Crippen molar-refractivity contribution in [3.8, 4) is 6.07 Å². The molecule has 0 fully saturated rings. The molecule has 0 aliphatic carbocycles. The number of anilines is 1. The lowest BCUT2D eigenvalue weighted by Gasteiger charge is -2.05. The SMILES string of the molecule is N#Cc1cn(CCCc2ccccc2)c2ncnc(N)c12. The molecule has 0 bridgehead atoms. The molecule has 2 aromatic heterocycles. The number of aromatic nitrogens is 3. The number of nitriles is 1. The topological polar surface area (TPSA) is 80.5 Å². The summed E-state index contributed by atoms with van der Waals surface area (Å²) in [5.41, 5.74) is 8.42. The van der Waals surface area contributed by atoms with Crippen LogP contribution in [0.4, 0.5) is 5.82 Å². The first kappa shape index (κ1) is 13.1. The van der Waals surface area contributed by atoms with Crippen molar-refractivity contribution in [1.82, 2.24) is 14.5 Å². The van der Waals surface area contributed by atoms with E-state index in [1.165, 1.54) is 11.9 Å². The van der Waals surface area contributed by atoms with Gasteiger partial charge in [0, 0.05) is 12.7 Å². The standard InChI is InChI=1S/C16H15N5/c17-9-13-10-21(16-14(13)15(18)19-11-20-16)8-4-7-12-5-2-1-3-6-12/h1-3,5-6,10-11H,4,7-8H2,(H2,18,19,20). The van der Waals surface area contributed by atoms with E-state index in [2.05, 4.69) is 28.2 Å². The molecule has 0 radical (unpaired) electrons. The molecule has 2 heterocycles. The molecule has 0 aliphatic rings. The van der Waals surface area contributed by atoms with Gasteiger partial charge in [-0.05, 0) is 18.4 Å². The van der Waals surface area contributed by atoms with Crippen LogP contribution in [-0.2, 0) is 13.0 Å². The maximum absolute atomic E-state index is 9.20. The monoisotopic (exact) mass is 277 g/mol. The molecule has 3 rings (SSSR count). The fourth-order valence-electron chi connectivity index (χ4n) is 2.50. The normalized spacial score (nSPS) is 10.6. The number of aryl methyl sites for hydroxylation is 2. The van der Waals surface area contributed by atoms with Crippen LogP contribution in [0.3, 0.4) is 0 Å². The summed E-state index contributed by atoms with van der Waals surface area (Å²) in [6.07, 6.45) is 5.21. The van der Waals surface area contributed by atoms with Crippen LogP contribution in [0.25, 0.3) is 11.0 Å². The van der Waals surface area contributed by atoms with Crippen LogP contribution in [0.2, 0.25) is 0 Å². The minimum Gasteiger partial charge on any atom is -0.383 e. The second-order valence-corrected chi connectivity index (χ2v) is 4.89. The minimum absolute atomic E-state index is 0.360. The second-order valence-electron chi connectivity index (χ2n) is 4.89. The van der Waals surface area contributed by atoms with Crippen molar-refractivity contribution < 1.29 is 0 Å². The van der Waals surface area contributed by atoms with E-state index in [-0.39, 0.29) is 0 Å². The Balaban J connectivity index is 1.82. The van der Waals surface area contributed by atoms with Crippen molar-refractivity contribution >= 4 is 16.9 Å². The highest BCUT2D eigenvalue weighted by atomic mass is 15.1. The number of nitrogens with zero attached hydrogens (tertiary/aromatic N) is 4. The van der Waals surface area contributed by atoms with Gasteiger partial charge in [-0.2, -0.15) is 5.26 Å². The highest BCUT2D eigenvalue weighted by Gasteiger charge is 2.12. The third-order valence-electron chi connectivity index (χ3n) is 3.51. The Hall–Kier alpha value is -2.87. The highest BCUT2D eigenvalue weighted by Crippen LogP contribution is 2.23. The van der Waals surface area contributed by atoms with Gasteiger partial charge < -0.3 is 10.3 Å². The van der Waals surface area contributed by atoms with Crippen molar-refractivity contribution in [2.75, 3.05) is 5.73 Å². The predicted octanol–water partition coefficient (Wildman–Crippen LogP) is 2.52. The maximum atomic E-state index is 9.20. The van der Waals surface area contributed by atoms with Crippen LogP contribution >= 0.6 is 0 Å². The van der Waals surface area contributed by atoms with Crippen molar-refractivity contribution in [3.05, 3.63) is 54.0 Å². The van der Waals surface area contributed by atoms with Gasteiger partial charge in [0.05, 0.1) is 10.9 Å². The first-order valence-electron chi connectivity index (χ1n) is 6.83. The molecule has 0 aliphatic heterocycles. The largest absolute Gasteiger partial charge is 0.383 e. The fourth-order valence-corrected chi connectivity index (χ4v) is 2.50. The van der Waals surface area contributed by atoms with Crippen molar-refractivity contribution in [2.45, 2.75) is 19.4 Å². The van der Waals surface area contributed by atoms with E-state index in [4.69, 9.17) is 5.73 Å². The summed E-state index contributed by atoms with van der Waals surface area (Å²) in [6, 6.07) is 12.5. The summed E-state index contributed by atoms with van der Waals surface area (Å²) in [5.74, 6) is 0.360. The van der Waals surface area contributed by atoms with Gasteiger partial charge in [-0.15, -0.1) is 0 Å². The zero-order valence-corrected chi connectivity index (χ0v) is 11.5. The smallest absolute Gasteiger partial charge is 0.146 e. The van der Waals surface area contributed by atoms with Crippen LogP contribution in [0.1, 0.15) is 17.5 Å². The zero-order chi connectivity index (χ0) is 14.7. The number of hydrogen-bond acceptors (Lipinski definition) is 4. The summed E-state index contributed by atoms with van der Waals surface area (Å²) in [6.45, 7) is 0.795. The van der Waals surface area contributed by atoms with E-state index in [1.54, 1.807) is 6.20 Å². The van der Waals surface area contributed by atoms with E-state index in [0.717, 1.165) is 25.0 Å². The maximum Gasteiger partial charge on any atom is 0.146 e. The zero-order valence-electron chi connectivity index (χ0n) is 11.5. The average molecular weight is 277 g/mol. The Morgan fingerprint density at radius 1 is 1.19 bits per heavy atom. The molecule has 2 N–H and O–H groups in total. The highest BCUT2D eigenvalue weighted by molar-refractivity contribution is 5.91. The minimum atomic E-state index is 0.360. The van der Waals surface area contributed by atoms with Gasteiger partial charge in [0.15, 0.2) is 0 Å². The van der Waals surface area contributed by atoms with E-state index in [0.29, 0.717) is 16.8 Å². The molecular weight excluding hydrogens is 262 g/mol. The molecule has 5 nitrogen and oxygen atoms in total. The molecule has 0 saturated heterocycles. The van der Waals surface area contributed by atoms with Gasteiger partial charge in [-0.1, -0.05) is 30.3 Å². The molecule has 0 saturated carbocycles. The lowest BCUT2D eigenvalue weighted by atomic mass is 10.1. The molecule has 21 heavy (non-hydrogen) atoms. The lowest BCUT2D eigenvalue weighted by Crippen LogP contribution is -2.00. The summed E-state index contributed by atoms with van der Waals surface area (Å²) in [5, 5.41) is 9.85. The average Bonchev–Trinajstić information content (AvgIpc) is 2.88. The van der Waals surface area contributed by atoms with E-state index in [1.807, 2.05) is 22.8 Å². The molecule has 0 unspecified atom stereocenters. The van der Waals surface area contributed by atoms with Gasteiger partial charge in [0.2, 0.25) is 0 Å². The summed E-state index contributed by atoms with van der Waals surface area (Å²) in [4.78, 5) is 8.22. The third-order valence-corrected chi connectivity index (χ3v) is 3.51. The third kappa shape index (κ3) is 2.56. The van der Waals surface area contributed by atoms with Gasteiger partial charge in [-0.25, -0.2) is 9.97 Å². The first-order valence-corrected chi connectivity index (χ1v) is 6.83. The van der Waals surface area contributed by atoms with E-state index >= 15 is 0 Å². The Labute approximate surface area is 122 Å². The van der Waals surface area contributed by atoms with Crippen LogP contribution < -0.4 is 5.73 Å². The second kappa shape index (κ2) is 5.63.